The Kier molecular flexibility index (Phi) is 4.04. The maximum atomic E-state index is 5.25. The minimum atomic E-state index is 0.908. The fourth-order valence-corrected chi connectivity index (χ4v) is 3.00. The molecule has 4 heteroatoms. The molecule has 2 heterocycles. The molecule has 0 unspecified atom stereocenters. The van der Waals surface area contributed by atoms with Crippen LogP contribution in [0.1, 0.15) is 4.88 Å². The van der Waals surface area contributed by atoms with Gasteiger partial charge in [-0.1, -0.05) is 6.07 Å². The normalized spacial score (nSPS) is 11.1. The monoisotopic (exact) mass is 286 g/mol. The number of nitrogens with zero attached hydrogens (tertiary/aromatic N) is 1. The molecule has 0 spiro atoms. The van der Waals surface area contributed by atoms with Crippen LogP contribution in [0, 0.1) is 0 Å². The fraction of sp³-hybridized carbons (Fsp3) is 0.250. The van der Waals surface area contributed by atoms with E-state index in [4.69, 9.17) is 4.74 Å². The average molecular weight is 286 g/mol. The van der Waals surface area contributed by atoms with Crippen molar-refractivity contribution in [3.8, 4) is 5.75 Å². The number of aromatic nitrogens is 1. The van der Waals surface area contributed by atoms with Gasteiger partial charge < -0.3 is 14.6 Å². The summed E-state index contributed by atoms with van der Waals surface area (Å²) in [6.07, 6.45) is 2.14. The van der Waals surface area contributed by atoms with Gasteiger partial charge >= 0.3 is 0 Å². The third kappa shape index (κ3) is 2.86. The molecule has 0 fully saturated rings. The highest BCUT2D eigenvalue weighted by Crippen LogP contribution is 2.21. The Labute approximate surface area is 122 Å². The molecule has 0 aliphatic heterocycles. The van der Waals surface area contributed by atoms with Gasteiger partial charge in [0.15, 0.2) is 0 Å². The number of ether oxygens (including phenoxy) is 1. The van der Waals surface area contributed by atoms with Crippen molar-refractivity contribution in [1.29, 1.82) is 0 Å². The number of hydrogen-bond donors (Lipinski definition) is 1. The summed E-state index contributed by atoms with van der Waals surface area (Å²) in [7, 11) is 1.70. The van der Waals surface area contributed by atoms with Gasteiger partial charge in [0.2, 0.25) is 0 Å². The smallest absolute Gasteiger partial charge is 0.119 e. The summed E-state index contributed by atoms with van der Waals surface area (Å²) >= 11 is 1.79. The van der Waals surface area contributed by atoms with E-state index < -0.39 is 0 Å². The second-order valence-electron chi connectivity index (χ2n) is 4.69. The average Bonchev–Trinajstić information content (AvgIpc) is 3.12. The molecule has 3 rings (SSSR count). The van der Waals surface area contributed by atoms with Crippen LogP contribution in [-0.4, -0.2) is 18.2 Å². The molecule has 0 saturated heterocycles. The molecule has 0 saturated carbocycles. The third-order valence-electron chi connectivity index (χ3n) is 3.39. The van der Waals surface area contributed by atoms with Crippen molar-refractivity contribution in [2.45, 2.75) is 13.1 Å². The Hall–Kier alpha value is -1.78. The Balaban J connectivity index is 1.60. The van der Waals surface area contributed by atoms with Crippen LogP contribution in [0.3, 0.4) is 0 Å². The number of benzene rings is 1. The van der Waals surface area contributed by atoms with Gasteiger partial charge in [-0.05, 0) is 35.7 Å². The number of fused-ring (bicyclic) bond motifs is 1. The first-order chi connectivity index (χ1) is 9.86. The van der Waals surface area contributed by atoms with E-state index in [1.54, 1.807) is 18.4 Å². The SMILES string of the molecule is COc1ccc2c(ccn2CCNCc2cccs2)c1. The predicted molar refractivity (Wildman–Crippen MR) is 84.5 cm³/mol. The number of thiophene rings is 1. The van der Waals surface area contributed by atoms with Gasteiger partial charge in [0, 0.05) is 41.6 Å². The quantitative estimate of drug-likeness (QED) is 0.702. The standard InChI is InChI=1S/C16H18N2OS/c1-19-14-4-5-16-13(11-14)6-8-18(16)9-7-17-12-15-3-2-10-20-15/h2-6,8,10-11,17H,7,9,12H2,1H3. The molecule has 3 aromatic rings. The molecule has 1 aromatic carbocycles. The summed E-state index contributed by atoms with van der Waals surface area (Å²) in [6, 6.07) is 12.6. The second-order valence-corrected chi connectivity index (χ2v) is 5.72. The van der Waals surface area contributed by atoms with Crippen LogP contribution in [0.5, 0.6) is 5.75 Å². The van der Waals surface area contributed by atoms with Crippen LogP contribution in [0.25, 0.3) is 10.9 Å². The predicted octanol–water partition coefficient (Wildman–Crippen LogP) is 3.50. The minimum absolute atomic E-state index is 0.908. The highest BCUT2D eigenvalue weighted by Gasteiger charge is 2.02. The van der Waals surface area contributed by atoms with Crippen LogP contribution in [-0.2, 0) is 13.1 Å². The van der Waals surface area contributed by atoms with Crippen molar-refractivity contribution in [1.82, 2.24) is 9.88 Å². The highest BCUT2D eigenvalue weighted by atomic mass is 32.1. The maximum absolute atomic E-state index is 5.25. The number of nitrogens with one attached hydrogen (secondary N) is 1. The molecule has 20 heavy (non-hydrogen) atoms. The molecule has 0 amide bonds. The van der Waals surface area contributed by atoms with E-state index in [2.05, 4.69) is 51.8 Å². The molecule has 0 aliphatic rings. The fourth-order valence-electron chi connectivity index (χ4n) is 2.32. The van der Waals surface area contributed by atoms with Crippen molar-refractivity contribution >= 4 is 22.2 Å². The lowest BCUT2D eigenvalue weighted by Gasteiger charge is -2.07. The molecule has 0 atom stereocenters. The van der Waals surface area contributed by atoms with Gasteiger partial charge in [0.1, 0.15) is 5.75 Å². The zero-order valence-corrected chi connectivity index (χ0v) is 12.3. The number of hydrogen-bond acceptors (Lipinski definition) is 3. The minimum Gasteiger partial charge on any atom is -0.497 e. The summed E-state index contributed by atoms with van der Waals surface area (Å²) in [5, 5.41) is 6.82. The van der Waals surface area contributed by atoms with E-state index in [0.29, 0.717) is 0 Å². The molecular formula is C16H18N2OS. The lowest BCUT2D eigenvalue weighted by Crippen LogP contribution is -2.18. The first-order valence-corrected chi connectivity index (χ1v) is 7.61. The molecule has 1 N–H and O–H groups in total. The van der Waals surface area contributed by atoms with Crippen LogP contribution in [0.4, 0.5) is 0 Å². The van der Waals surface area contributed by atoms with Gasteiger partial charge in [0.25, 0.3) is 0 Å². The van der Waals surface area contributed by atoms with Gasteiger partial charge in [-0.3, -0.25) is 0 Å². The van der Waals surface area contributed by atoms with E-state index in [-0.39, 0.29) is 0 Å². The zero-order valence-electron chi connectivity index (χ0n) is 11.5. The summed E-state index contributed by atoms with van der Waals surface area (Å²) in [5.74, 6) is 0.908. The zero-order chi connectivity index (χ0) is 13.8. The van der Waals surface area contributed by atoms with Crippen LogP contribution in [0.15, 0.2) is 48.0 Å². The Morgan fingerprint density at radius 3 is 3.00 bits per heavy atom. The van der Waals surface area contributed by atoms with Gasteiger partial charge in [0.05, 0.1) is 7.11 Å². The number of rotatable bonds is 6. The van der Waals surface area contributed by atoms with Crippen molar-refractivity contribution in [2.75, 3.05) is 13.7 Å². The molecule has 3 nitrogen and oxygen atoms in total. The van der Waals surface area contributed by atoms with E-state index in [9.17, 15) is 0 Å². The van der Waals surface area contributed by atoms with Gasteiger partial charge in [-0.2, -0.15) is 0 Å². The molecule has 0 aliphatic carbocycles. The Bertz CT molecular complexity index is 673. The summed E-state index contributed by atoms with van der Waals surface area (Å²) in [6.45, 7) is 2.89. The van der Waals surface area contributed by atoms with E-state index >= 15 is 0 Å². The first-order valence-electron chi connectivity index (χ1n) is 6.73. The first kappa shape index (κ1) is 13.2. The Morgan fingerprint density at radius 2 is 2.20 bits per heavy atom. The second kappa shape index (κ2) is 6.11. The molecular weight excluding hydrogens is 268 g/mol. The van der Waals surface area contributed by atoms with E-state index in [0.717, 1.165) is 25.4 Å². The van der Waals surface area contributed by atoms with Crippen LogP contribution in [0.2, 0.25) is 0 Å². The maximum Gasteiger partial charge on any atom is 0.119 e. The van der Waals surface area contributed by atoms with Gasteiger partial charge in [-0.25, -0.2) is 0 Å². The lowest BCUT2D eigenvalue weighted by atomic mass is 10.2. The third-order valence-corrected chi connectivity index (χ3v) is 4.26. The van der Waals surface area contributed by atoms with Crippen LogP contribution >= 0.6 is 11.3 Å². The van der Waals surface area contributed by atoms with E-state index in [1.165, 1.54) is 15.8 Å². The van der Waals surface area contributed by atoms with Crippen molar-refractivity contribution in [3.63, 3.8) is 0 Å². The highest BCUT2D eigenvalue weighted by molar-refractivity contribution is 7.09. The van der Waals surface area contributed by atoms with Crippen molar-refractivity contribution in [3.05, 3.63) is 52.9 Å². The molecule has 0 bridgehead atoms. The van der Waals surface area contributed by atoms with E-state index in [1.807, 2.05) is 6.07 Å². The topological polar surface area (TPSA) is 26.2 Å². The lowest BCUT2D eigenvalue weighted by molar-refractivity contribution is 0.415. The van der Waals surface area contributed by atoms with Crippen LogP contribution < -0.4 is 10.1 Å². The number of methoxy groups -OCH3 is 1. The molecule has 2 aromatic heterocycles. The summed E-state index contributed by atoms with van der Waals surface area (Å²) in [5.41, 5.74) is 1.25. The van der Waals surface area contributed by atoms with Crippen molar-refractivity contribution < 1.29 is 4.74 Å². The largest absolute Gasteiger partial charge is 0.497 e. The molecule has 104 valence electrons. The van der Waals surface area contributed by atoms with Gasteiger partial charge in [-0.15, -0.1) is 11.3 Å². The summed E-state index contributed by atoms with van der Waals surface area (Å²) in [4.78, 5) is 1.38. The summed E-state index contributed by atoms with van der Waals surface area (Å²) < 4.78 is 7.52. The van der Waals surface area contributed by atoms with Crippen molar-refractivity contribution in [2.24, 2.45) is 0 Å². The molecule has 0 radical (unpaired) electrons. The Morgan fingerprint density at radius 1 is 1.25 bits per heavy atom.